The van der Waals surface area contributed by atoms with Crippen molar-refractivity contribution in [2.45, 2.75) is 27.2 Å². The van der Waals surface area contributed by atoms with Gasteiger partial charge in [-0.15, -0.1) is 0 Å². The zero-order chi connectivity index (χ0) is 17.9. The zero-order valence-electron chi connectivity index (χ0n) is 16.2. The smallest absolute Gasteiger partial charge is 0.191 e. The summed E-state index contributed by atoms with van der Waals surface area (Å²) >= 11 is 0. The topological polar surface area (TPSA) is 42.9 Å². The predicted octanol–water partition coefficient (Wildman–Crippen LogP) is 2.41. The molecule has 0 radical (unpaired) electrons. The molecule has 1 saturated heterocycles. The summed E-state index contributed by atoms with van der Waals surface area (Å²) in [4.78, 5) is 9.67. The Bertz CT molecular complexity index is 492. The Hall–Kier alpha value is -1.75. The Morgan fingerprint density at radius 1 is 1.08 bits per heavy atom. The van der Waals surface area contributed by atoms with Crippen LogP contribution < -0.4 is 15.5 Å². The van der Waals surface area contributed by atoms with E-state index in [1.54, 1.807) is 0 Å². The Labute approximate surface area is 153 Å². The zero-order valence-corrected chi connectivity index (χ0v) is 16.2. The molecule has 1 aromatic rings. The predicted molar refractivity (Wildman–Crippen MR) is 109 cm³/mol. The lowest BCUT2D eigenvalue weighted by Gasteiger charge is -2.36. The first-order chi connectivity index (χ1) is 12.2. The molecule has 25 heavy (non-hydrogen) atoms. The van der Waals surface area contributed by atoms with E-state index in [1.807, 2.05) is 0 Å². The van der Waals surface area contributed by atoms with Crippen LogP contribution in [-0.4, -0.2) is 63.2 Å². The second-order valence-corrected chi connectivity index (χ2v) is 7.06. The molecule has 5 nitrogen and oxygen atoms in total. The summed E-state index contributed by atoms with van der Waals surface area (Å²) in [6.45, 7) is 15.0. The molecule has 0 saturated carbocycles. The minimum atomic E-state index is 0.594. The maximum atomic E-state index is 4.61. The lowest BCUT2D eigenvalue weighted by Crippen LogP contribution is -2.47. The van der Waals surface area contributed by atoms with Gasteiger partial charge in [-0.2, -0.15) is 0 Å². The van der Waals surface area contributed by atoms with Crippen molar-refractivity contribution >= 4 is 11.6 Å². The molecule has 0 aliphatic carbocycles. The van der Waals surface area contributed by atoms with E-state index in [-0.39, 0.29) is 0 Å². The number of rotatable bonds is 8. The average molecular weight is 346 g/mol. The minimum Gasteiger partial charge on any atom is -0.369 e. The van der Waals surface area contributed by atoms with Crippen LogP contribution in [-0.2, 0) is 0 Å². The normalized spacial score (nSPS) is 16.3. The number of para-hydroxylation sites is 1. The molecule has 0 atom stereocenters. The van der Waals surface area contributed by atoms with Crippen LogP contribution in [0.1, 0.15) is 27.2 Å². The minimum absolute atomic E-state index is 0.594. The van der Waals surface area contributed by atoms with Crippen LogP contribution in [0.2, 0.25) is 0 Å². The molecule has 0 spiro atoms. The van der Waals surface area contributed by atoms with Gasteiger partial charge in [0.15, 0.2) is 5.96 Å². The summed E-state index contributed by atoms with van der Waals surface area (Å²) in [6.07, 6.45) is 1.15. The number of nitrogens with zero attached hydrogens (tertiary/aromatic N) is 3. The number of anilines is 1. The highest BCUT2D eigenvalue weighted by atomic mass is 15.3. The summed E-state index contributed by atoms with van der Waals surface area (Å²) in [5.41, 5.74) is 1.35. The SMILES string of the molecule is CCNC(=NCC(C)C)NCCCN1CCN(c2ccccc2)CC1. The standard InChI is InChI=1S/C20H35N5/c1-4-21-20(23-17-18(2)3)22-11-8-12-24-13-15-25(16-14-24)19-9-6-5-7-10-19/h5-7,9-10,18H,4,8,11-17H2,1-3H3,(H2,21,22,23). The van der Waals surface area contributed by atoms with Crippen LogP contribution in [0.5, 0.6) is 0 Å². The molecular weight excluding hydrogens is 310 g/mol. The third-order valence-electron chi connectivity index (χ3n) is 4.40. The highest BCUT2D eigenvalue weighted by Gasteiger charge is 2.16. The molecule has 1 aromatic carbocycles. The van der Waals surface area contributed by atoms with Gasteiger partial charge in [-0.1, -0.05) is 32.0 Å². The van der Waals surface area contributed by atoms with E-state index in [0.29, 0.717) is 5.92 Å². The number of aliphatic imine (C=N–C) groups is 1. The van der Waals surface area contributed by atoms with E-state index in [9.17, 15) is 0 Å². The number of nitrogens with one attached hydrogen (secondary N) is 2. The first kappa shape index (κ1) is 19.6. The molecule has 1 aliphatic rings. The molecule has 1 fully saturated rings. The molecule has 1 aliphatic heterocycles. The fourth-order valence-corrected chi connectivity index (χ4v) is 2.99. The molecule has 2 rings (SSSR count). The summed E-state index contributed by atoms with van der Waals surface area (Å²) in [7, 11) is 0. The van der Waals surface area contributed by atoms with Gasteiger partial charge in [0, 0.05) is 51.5 Å². The number of piperazine rings is 1. The van der Waals surface area contributed by atoms with Crippen molar-refractivity contribution in [1.82, 2.24) is 15.5 Å². The summed E-state index contributed by atoms with van der Waals surface area (Å²) in [6, 6.07) is 10.7. The quantitative estimate of drug-likeness (QED) is 0.431. The monoisotopic (exact) mass is 345 g/mol. The second kappa shape index (κ2) is 11.0. The Morgan fingerprint density at radius 2 is 1.80 bits per heavy atom. The Kier molecular flexibility index (Phi) is 8.60. The number of guanidine groups is 1. The lowest BCUT2D eigenvalue weighted by molar-refractivity contribution is 0.255. The molecule has 1 heterocycles. The van der Waals surface area contributed by atoms with Crippen molar-refractivity contribution < 1.29 is 0 Å². The highest BCUT2D eigenvalue weighted by molar-refractivity contribution is 5.79. The maximum absolute atomic E-state index is 4.61. The van der Waals surface area contributed by atoms with Gasteiger partial charge in [0.2, 0.25) is 0 Å². The fourth-order valence-electron chi connectivity index (χ4n) is 2.99. The first-order valence-corrected chi connectivity index (χ1v) is 9.73. The average Bonchev–Trinajstić information content (AvgIpc) is 2.64. The van der Waals surface area contributed by atoms with E-state index in [1.165, 1.54) is 5.69 Å². The highest BCUT2D eigenvalue weighted by Crippen LogP contribution is 2.15. The molecule has 0 bridgehead atoms. The lowest BCUT2D eigenvalue weighted by atomic mass is 10.2. The van der Waals surface area contributed by atoms with Gasteiger partial charge >= 0.3 is 0 Å². The van der Waals surface area contributed by atoms with E-state index in [2.05, 4.69) is 76.5 Å². The molecule has 140 valence electrons. The molecular formula is C20H35N5. The van der Waals surface area contributed by atoms with E-state index < -0.39 is 0 Å². The van der Waals surface area contributed by atoms with Crippen LogP contribution in [0.15, 0.2) is 35.3 Å². The summed E-state index contributed by atoms with van der Waals surface area (Å²) < 4.78 is 0. The Morgan fingerprint density at radius 3 is 2.44 bits per heavy atom. The molecule has 2 N–H and O–H groups in total. The van der Waals surface area contributed by atoms with Gasteiger partial charge in [0.05, 0.1) is 0 Å². The van der Waals surface area contributed by atoms with Crippen molar-refractivity contribution in [3.63, 3.8) is 0 Å². The fraction of sp³-hybridized carbons (Fsp3) is 0.650. The van der Waals surface area contributed by atoms with E-state index >= 15 is 0 Å². The van der Waals surface area contributed by atoms with E-state index in [0.717, 1.165) is 64.7 Å². The van der Waals surface area contributed by atoms with Crippen LogP contribution >= 0.6 is 0 Å². The maximum Gasteiger partial charge on any atom is 0.191 e. The van der Waals surface area contributed by atoms with Gasteiger partial charge < -0.3 is 15.5 Å². The second-order valence-electron chi connectivity index (χ2n) is 7.06. The first-order valence-electron chi connectivity index (χ1n) is 9.73. The van der Waals surface area contributed by atoms with Crippen LogP contribution in [0.4, 0.5) is 5.69 Å². The van der Waals surface area contributed by atoms with Gasteiger partial charge in [0.25, 0.3) is 0 Å². The third kappa shape index (κ3) is 7.34. The van der Waals surface area contributed by atoms with Gasteiger partial charge in [-0.3, -0.25) is 9.89 Å². The summed E-state index contributed by atoms with van der Waals surface area (Å²) in [5.74, 6) is 1.54. The Balaban J connectivity index is 1.63. The number of hydrogen-bond acceptors (Lipinski definition) is 3. The van der Waals surface area contributed by atoms with Crippen molar-refractivity contribution in [3.05, 3.63) is 30.3 Å². The van der Waals surface area contributed by atoms with E-state index in [4.69, 9.17) is 0 Å². The molecule has 0 unspecified atom stereocenters. The van der Waals surface area contributed by atoms with Crippen LogP contribution in [0, 0.1) is 5.92 Å². The van der Waals surface area contributed by atoms with Gasteiger partial charge in [0.1, 0.15) is 0 Å². The van der Waals surface area contributed by atoms with Gasteiger partial charge in [-0.05, 0) is 37.9 Å². The molecule has 5 heteroatoms. The van der Waals surface area contributed by atoms with Crippen molar-refractivity contribution in [2.24, 2.45) is 10.9 Å². The van der Waals surface area contributed by atoms with Crippen LogP contribution in [0.25, 0.3) is 0 Å². The number of benzene rings is 1. The number of hydrogen-bond donors (Lipinski definition) is 2. The van der Waals surface area contributed by atoms with Crippen molar-refractivity contribution in [1.29, 1.82) is 0 Å². The summed E-state index contributed by atoms with van der Waals surface area (Å²) in [5, 5.41) is 6.77. The molecule has 0 amide bonds. The molecule has 0 aromatic heterocycles. The largest absolute Gasteiger partial charge is 0.369 e. The van der Waals surface area contributed by atoms with Crippen molar-refractivity contribution in [2.75, 3.05) is 57.3 Å². The van der Waals surface area contributed by atoms with Crippen molar-refractivity contribution in [3.8, 4) is 0 Å². The van der Waals surface area contributed by atoms with Gasteiger partial charge in [-0.25, -0.2) is 0 Å². The third-order valence-corrected chi connectivity index (χ3v) is 4.40. The van der Waals surface area contributed by atoms with Crippen LogP contribution in [0.3, 0.4) is 0 Å².